The van der Waals surface area contributed by atoms with Gasteiger partial charge >= 0.3 is 0 Å². The molecule has 1 aromatic heterocycles. The van der Waals surface area contributed by atoms with Crippen LogP contribution in [0.15, 0.2) is 24.3 Å². The van der Waals surface area contributed by atoms with E-state index in [-0.39, 0.29) is 11.5 Å². The van der Waals surface area contributed by atoms with Crippen LogP contribution < -0.4 is 0 Å². The van der Waals surface area contributed by atoms with Crippen LogP contribution in [0.5, 0.6) is 11.5 Å². The molecule has 86 valence electrons. The number of benzene rings is 2. The summed E-state index contributed by atoms with van der Waals surface area (Å²) in [5.41, 5.74) is 3.81. The quantitative estimate of drug-likeness (QED) is 0.551. The smallest absolute Gasteiger partial charge is 0.139 e. The first-order valence-corrected chi connectivity index (χ1v) is 5.51. The number of hydrogen-bond donors (Lipinski definition) is 3. The summed E-state index contributed by atoms with van der Waals surface area (Å²) in [6.07, 6.45) is 0. The van der Waals surface area contributed by atoms with Crippen LogP contribution in [0.2, 0.25) is 0 Å². The third-order valence-corrected chi connectivity index (χ3v) is 3.36. The van der Waals surface area contributed by atoms with Gasteiger partial charge in [0.15, 0.2) is 0 Å². The normalized spacial score (nSPS) is 11.4. The first-order valence-electron chi connectivity index (χ1n) is 5.51. The van der Waals surface area contributed by atoms with Gasteiger partial charge in [-0.25, -0.2) is 0 Å². The van der Waals surface area contributed by atoms with Gasteiger partial charge in [-0.05, 0) is 49.2 Å². The molecule has 0 atom stereocenters. The Morgan fingerprint density at radius 2 is 1.82 bits per heavy atom. The number of aromatic hydroxyl groups is 2. The van der Waals surface area contributed by atoms with Crippen LogP contribution in [0, 0.1) is 13.8 Å². The van der Waals surface area contributed by atoms with Gasteiger partial charge in [-0.3, -0.25) is 0 Å². The van der Waals surface area contributed by atoms with Crippen LogP contribution in [0.25, 0.3) is 21.8 Å². The Morgan fingerprint density at radius 1 is 1.06 bits per heavy atom. The average molecular weight is 227 g/mol. The van der Waals surface area contributed by atoms with E-state index in [1.54, 1.807) is 18.2 Å². The first kappa shape index (κ1) is 10.0. The number of phenols is 2. The van der Waals surface area contributed by atoms with Crippen LogP contribution in [0.1, 0.15) is 11.1 Å². The monoisotopic (exact) mass is 227 g/mol. The van der Waals surface area contributed by atoms with Gasteiger partial charge in [0.05, 0.1) is 5.52 Å². The number of phenolic OH excluding ortho intramolecular Hbond substituents is 2. The lowest BCUT2D eigenvalue weighted by Gasteiger charge is -2.04. The molecule has 0 radical (unpaired) electrons. The molecule has 0 amide bonds. The Kier molecular flexibility index (Phi) is 1.87. The van der Waals surface area contributed by atoms with Crippen LogP contribution in [-0.2, 0) is 0 Å². The van der Waals surface area contributed by atoms with Crippen LogP contribution >= 0.6 is 0 Å². The zero-order chi connectivity index (χ0) is 12.2. The lowest BCUT2D eigenvalue weighted by atomic mass is 10.0. The van der Waals surface area contributed by atoms with Crippen molar-refractivity contribution in [1.29, 1.82) is 0 Å². The van der Waals surface area contributed by atoms with Crippen molar-refractivity contribution in [2.24, 2.45) is 0 Å². The lowest BCUT2D eigenvalue weighted by molar-refractivity contribution is 0.476. The zero-order valence-electron chi connectivity index (χ0n) is 9.70. The van der Waals surface area contributed by atoms with E-state index in [9.17, 15) is 10.2 Å². The Bertz CT molecular complexity index is 741. The maximum atomic E-state index is 9.95. The summed E-state index contributed by atoms with van der Waals surface area (Å²) in [5.74, 6) is 0.484. The average Bonchev–Trinajstić information content (AvgIpc) is 2.65. The lowest BCUT2D eigenvalue weighted by Crippen LogP contribution is -1.82. The molecule has 3 N–H and O–H groups in total. The number of rotatable bonds is 0. The molecule has 0 aliphatic carbocycles. The van der Waals surface area contributed by atoms with Gasteiger partial charge < -0.3 is 15.2 Å². The molecule has 0 aliphatic rings. The summed E-state index contributed by atoms with van der Waals surface area (Å²) < 4.78 is 0. The molecule has 0 saturated heterocycles. The second-order valence-electron chi connectivity index (χ2n) is 4.44. The Labute approximate surface area is 98.3 Å². The molecule has 3 nitrogen and oxygen atoms in total. The van der Waals surface area contributed by atoms with E-state index >= 15 is 0 Å². The number of fused-ring (bicyclic) bond motifs is 3. The fraction of sp³-hybridized carbons (Fsp3) is 0.143. The number of hydrogen-bond acceptors (Lipinski definition) is 2. The predicted molar refractivity (Wildman–Crippen MR) is 68.6 cm³/mol. The van der Waals surface area contributed by atoms with Crippen molar-refractivity contribution in [3.63, 3.8) is 0 Å². The predicted octanol–water partition coefficient (Wildman–Crippen LogP) is 3.35. The van der Waals surface area contributed by atoms with Gasteiger partial charge in [-0.2, -0.15) is 0 Å². The minimum atomic E-state index is 0.235. The number of nitrogens with one attached hydrogen (secondary N) is 1. The van der Waals surface area contributed by atoms with E-state index in [2.05, 4.69) is 4.98 Å². The molecule has 0 saturated carbocycles. The Hall–Kier alpha value is -2.16. The van der Waals surface area contributed by atoms with E-state index in [1.165, 1.54) is 0 Å². The molecule has 3 aromatic rings. The van der Waals surface area contributed by atoms with Crippen molar-refractivity contribution in [2.75, 3.05) is 0 Å². The van der Waals surface area contributed by atoms with Gasteiger partial charge in [0.2, 0.25) is 0 Å². The highest BCUT2D eigenvalue weighted by atomic mass is 16.3. The number of H-pyrrole nitrogens is 1. The van der Waals surface area contributed by atoms with Gasteiger partial charge in [-0.15, -0.1) is 0 Å². The number of aryl methyl sites for hydroxylation is 2. The highest BCUT2D eigenvalue weighted by molar-refractivity contribution is 6.11. The standard InChI is InChI=1S/C14H13NO2/c1-7-5-12(17)14-13(8(7)2)10-6-9(16)3-4-11(10)15-14/h3-6,15-17H,1-2H3. The van der Waals surface area contributed by atoms with Crippen molar-refractivity contribution in [3.05, 3.63) is 35.4 Å². The largest absolute Gasteiger partial charge is 0.508 e. The van der Waals surface area contributed by atoms with E-state index in [1.807, 2.05) is 19.9 Å². The fourth-order valence-corrected chi connectivity index (χ4v) is 2.34. The highest BCUT2D eigenvalue weighted by Crippen LogP contribution is 2.36. The molecule has 0 spiro atoms. The second-order valence-corrected chi connectivity index (χ2v) is 4.44. The van der Waals surface area contributed by atoms with Crippen molar-refractivity contribution >= 4 is 21.8 Å². The molecule has 0 fully saturated rings. The van der Waals surface area contributed by atoms with Crippen LogP contribution in [0.4, 0.5) is 0 Å². The Balaban J connectivity index is 2.63. The Morgan fingerprint density at radius 3 is 2.59 bits per heavy atom. The summed E-state index contributed by atoms with van der Waals surface area (Å²) in [6.45, 7) is 3.99. The highest BCUT2D eigenvalue weighted by Gasteiger charge is 2.12. The molecule has 17 heavy (non-hydrogen) atoms. The molecule has 0 aliphatic heterocycles. The molecule has 1 heterocycles. The third-order valence-electron chi connectivity index (χ3n) is 3.36. The van der Waals surface area contributed by atoms with E-state index < -0.39 is 0 Å². The maximum Gasteiger partial charge on any atom is 0.139 e. The number of aromatic nitrogens is 1. The maximum absolute atomic E-state index is 9.95. The first-order chi connectivity index (χ1) is 8.08. The minimum absolute atomic E-state index is 0.235. The summed E-state index contributed by atoms with van der Waals surface area (Å²) in [7, 11) is 0. The van der Waals surface area contributed by atoms with Gasteiger partial charge in [-0.1, -0.05) is 0 Å². The van der Waals surface area contributed by atoms with E-state index in [0.29, 0.717) is 0 Å². The summed E-state index contributed by atoms with van der Waals surface area (Å²) in [6, 6.07) is 6.93. The van der Waals surface area contributed by atoms with Crippen LogP contribution in [-0.4, -0.2) is 15.2 Å². The topological polar surface area (TPSA) is 56.2 Å². The van der Waals surface area contributed by atoms with Crippen LogP contribution in [0.3, 0.4) is 0 Å². The molecule has 2 aromatic carbocycles. The molecule has 0 bridgehead atoms. The minimum Gasteiger partial charge on any atom is -0.508 e. The number of aromatic amines is 1. The molecule has 3 heteroatoms. The molecular formula is C14H13NO2. The second kappa shape index (κ2) is 3.17. The van der Waals surface area contributed by atoms with Gasteiger partial charge in [0, 0.05) is 16.3 Å². The molecular weight excluding hydrogens is 214 g/mol. The molecule has 0 unspecified atom stereocenters. The van der Waals surface area contributed by atoms with Gasteiger partial charge in [0.1, 0.15) is 11.5 Å². The summed E-state index contributed by atoms with van der Waals surface area (Å²) in [4.78, 5) is 3.18. The van der Waals surface area contributed by atoms with Crippen molar-refractivity contribution < 1.29 is 10.2 Å². The van der Waals surface area contributed by atoms with E-state index in [4.69, 9.17) is 0 Å². The fourth-order valence-electron chi connectivity index (χ4n) is 2.34. The zero-order valence-corrected chi connectivity index (χ0v) is 9.70. The van der Waals surface area contributed by atoms with E-state index in [0.717, 1.165) is 32.9 Å². The SMILES string of the molecule is Cc1cc(O)c2[nH]c3ccc(O)cc3c2c1C. The van der Waals surface area contributed by atoms with Crippen molar-refractivity contribution in [2.45, 2.75) is 13.8 Å². The summed E-state index contributed by atoms with van der Waals surface area (Å²) in [5, 5.41) is 21.4. The third kappa shape index (κ3) is 1.29. The van der Waals surface area contributed by atoms with Gasteiger partial charge in [0.25, 0.3) is 0 Å². The summed E-state index contributed by atoms with van der Waals surface area (Å²) >= 11 is 0. The van der Waals surface area contributed by atoms with Crippen molar-refractivity contribution in [3.8, 4) is 11.5 Å². The molecule has 3 rings (SSSR count). The van der Waals surface area contributed by atoms with Crippen molar-refractivity contribution in [1.82, 2.24) is 4.98 Å².